The molecule has 0 spiro atoms. The zero-order valence-electron chi connectivity index (χ0n) is 17.8. The van der Waals surface area contributed by atoms with Gasteiger partial charge in [-0.05, 0) is 55.5 Å². The van der Waals surface area contributed by atoms with Gasteiger partial charge in [-0.3, -0.25) is 19.0 Å². The first kappa shape index (κ1) is 22.5. The number of rotatable bonds is 6. The van der Waals surface area contributed by atoms with E-state index in [1.54, 1.807) is 18.4 Å². The minimum absolute atomic E-state index is 0.0528. The highest BCUT2D eigenvalue weighted by atomic mass is 32.2. The fraction of sp³-hybridized carbons (Fsp3) is 0.364. The van der Waals surface area contributed by atoms with Crippen LogP contribution in [0.3, 0.4) is 0 Å². The van der Waals surface area contributed by atoms with Crippen LogP contribution < -0.4 is 10.9 Å². The fourth-order valence-electron chi connectivity index (χ4n) is 3.67. The Bertz CT molecular complexity index is 1240. The number of carbonyl (C=O) groups excluding carboxylic acids is 2. The summed E-state index contributed by atoms with van der Waals surface area (Å²) >= 11 is 2.76. The smallest absolute Gasteiger partial charge is 0.262 e. The third-order valence-corrected chi connectivity index (χ3v) is 7.61. The molecular weight excluding hydrogens is 451 g/mol. The van der Waals surface area contributed by atoms with Crippen LogP contribution in [-0.2, 0) is 29.5 Å². The lowest BCUT2D eigenvalue weighted by molar-refractivity contribution is -0.131. The number of hydrogen-bond donors (Lipinski definition) is 1. The number of hydrogen-bond acceptors (Lipinski definition) is 6. The molecule has 0 saturated carbocycles. The Hall–Kier alpha value is -2.72. The summed E-state index contributed by atoms with van der Waals surface area (Å²) in [6.07, 6.45) is 4.14. The van der Waals surface area contributed by atoms with E-state index in [2.05, 4.69) is 10.3 Å². The van der Waals surface area contributed by atoms with Crippen molar-refractivity contribution in [2.24, 2.45) is 7.05 Å². The number of fused-ring (bicyclic) bond motifs is 3. The molecule has 1 aliphatic carbocycles. The van der Waals surface area contributed by atoms with Gasteiger partial charge in [0.25, 0.3) is 5.56 Å². The van der Waals surface area contributed by atoms with Gasteiger partial charge in [0.2, 0.25) is 11.8 Å². The van der Waals surface area contributed by atoms with E-state index in [1.807, 2.05) is 0 Å². The van der Waals surface area contributed by atoms with Gasteiger partial charge in [-0.1, -0.05) is 11.8 Å². The number of anilines is 1. The SMILES string of the molecule is CN(CC(=O)Nc1ccc(F)cc1)C(=O)CSc1nc2sc3c(c2c(=O)n1C)CCCC3. The Labute approximate surface area is 192 Å². The summed E-state index contributed by atoms with van der Waals surface area (Å²) in [5, 5.41) is 3.83. The summed E-state index contributed by atoms with van der Waals surface area (Å²) < 4.78 is 14.5. The molecule has 4 rings (SSSR count). The molecule has 7 nitrogen and oxygen atoms in total. The maximum Gasteiger partial charge on any atom is 0.262 e. The number of aromatic nitrogens is 2. The highest BCUT2D eigenvalue weighted by Crippen LogP contribution is 2.34. The number of nitrogens with one attached hydrogen (secondary N) is 1. The quantitative estimate of drug-likeness (QED) is 0.438. The maximum absolute atomic E-state index is 13.0. The standard InChI is InChI=1S/C22H23FN4O3S2/c1-26(11-17(28)24-14-9-7-13(23)8-10-14)18(29)12-31-22-25-20-19(21(30)27(22)2)15-5-3-4-6-16(15)32-20/h7-10H,3-6,11-12H2,1-2H3,(H,24,28). The van der Waals surface area contributed by atoms with Crippen LogP contribution in [0.15, 0.2) is 34.2 Å². The van der Waals surface area contributed by atoms with Crippen molar-refractivity contribution >= 4 is 50.8 Å². The highest BCUT2D eigenvalue weighted by Gasteiger charge is 2.22. The van der Waals surface area contributed by atoms with Crippen LogP contribution in [0.1, 0.15) is 23.3 Å². The predicted octanol–water partition coefficient (Wildman–Crippen LogP) is 3.20. The molecule has 0 atom stereocenters. The topological polar surface area (TPSA) is 84.3 Å². The van der Waals surface area contributed by atoms with E-state index in [4.69, 9.17) is 0 Å². The van der Waals surface area contributed by atoms with Crippen molar-refractivity contribution in [1.82, 2.24) is 14.5 Å². The molecule has 0 bridgehead atoms. The number of likely N-dealkylation sites (N-methyl/N-ethyl adjacent to an activating group) is 1. The van der Waals surface area contributed by atoms with E-state index in [0.717, 1.165) is 41.5 Å². The lowest BCUT2D eigenvalue weighted by atomic mass is 9.97. The third-order valence-electron chi connectivity index (χ3n) is 5.41. The van der Waals surface area contributed by atoms with Crippen molar-refractivity contribution in [3.05, 3.63) is 50.9 Å². The molecule has 3 aromatic rings. The molecule has 2 aromatic heterocycles. The van der Waals surface area contributed by atoms with Crippen molar-refractivity contribution in [1.29, 1.82) is 0 Å². The van der Waals surface area contributed by atoms with Gasteiger partial charge < -0.3 is 10.2 Å². The Balaban J connectivity index is 1.39. The summed E-state index contributed by atoms with van der Waals surface area (Å²) in [5.41, 5.74) is 1.53. The Morgan fingerprint density at radius 2 is 1.97 bits per heavy atom. The van der Waals surface area contributed by atoms with Crippen LogP contribution in [0.5, 0.6) is 0 Å². The summed E-state index contributed by atoms with van der Waals surface area (Å²) in [6, 6.07) is 5.41. The van der Waals surface area contributed by atoms with Gasteiger partial charge in [0.1, 0.15) is 10.6 Å². The minimum atomic E-state index is -0.392. The third kappa shape index (κ3) is 4.71. The molecule has 1 aliphatic rings. The highest BCUT2D eigenvalue weighted by molar-refractivity contribution is 7.99. The van der Waals surface area contributed by atoms with Crippen LogP contribution >= 0.6 is 23.1 Å². The number of thioether (sulfide) groups is 1. The first-order valence-electron chi connectivity index (χ1n) is 10.3. The number of nitrogens with zero attached hydrogens (tertiary/aromatic N) is 3. The largest absolute Gasteiger partial charge is 0.336 e. The average Bonchev–Trinajstić information content (AvgIpc) is 3.15. The number of amides is 2. The molecule has 32 heavy (non-hydrogen) atoms. The lowest BCUT2D eigenvalue weighted by Gasteiger charge is -2.17. The molecule has 10 heteroatoms. The molecule has 1 N–H and O–H groups in total. The lowest BCUT2D eigenvalue weighted by Crippen LogP contribution is -2.36. The first-order valence-corrected chi connectivity index (χ1v) is 12.1. The zero-order valence-corrected chi connectivity index (χ0v) is 19.4. The Kier molecular flexibility index (Phi) is 6.61. The molecule has 168 valence electrons. The van der Waals surface area contributed by atoms with Crippen molar-refractivity contribution in [3.63, 3.8) is 0 Å². The van der Waals surface area contributed by atoms with Gasteiger partial charge in [0, 0.05) is 24.7 Å². The molecule has 0 fully saturated rings. The van der Waals surface area contributed by atoms with Crippen molar-refractivity contribution in [3.8, 4) is 0 Å². The van der Waals surface area contributed by atoms with Gasteiger partial charge in [-0.15, -0.1) is 11.3 Å². The van der Waals surface area contributed by atoms with E-state index < -0.39 is 5.82 Å². The minimum Gasteiger partial charge on any atom is -0.336 e. The second kappa shape index (κ2) is 9.41. The monoisotopic (exact) mass is 474 g/mol. The normalized spacial score (nSPS) is 13.1. The summed E-state index contributed by atoms with van der Waals surface area (Å²) in [4.78, 5) is 45.6. The molecule has 2 amide bonds. The van der Waals surface area contributed by atoms with Gasteiger partial charge >= 0.3 is 0 Å². The second-order valence-electron chi connectivity index (χ2n) is 7.74. The van der Waals surface area contributed by atoms with Crippen LogP contribution in [0, 0.1) is 5.82 Å². The van der Waals surface area contributed by atoms with Crippen molar-refractivity contribution in [2.75, 3.05) is 24.7 Å². The summed E-state index contributed by atoms with van der Waals surface area (Å²) in [5.74, 6) is -0.981. The fourth-order valence-corrected chi connectivity index (χ4v) is 5.89. The van der Waals surface area contributed by atoms with E-state index in [1.165, 1.54) is 57.4 Å². The molecule has 1 aromatic carbocycles. The molecular formula is C22H23FN4O3S2. The number of aryl methyl sites for hydroxylation is 2. The molecule has 0 saturated heterocycles. The summed E-state index contributed by atoms with van der Waals surface area (Å²) in [6.45, 7) is -0.139. The zero-order chi connectivity index (χ0) is 22.8. The number of thiophene rings is 1. The van der Waals surface area contributed by atoms with Crippen molar-refractivity contribution < 1.29 is 14.0 Å². The molecule has 0 radical (unpaired) electrons. The number of halogens is 1. The van der Waals surface area contributed by atoms with Crippen LogP contribution in [0.2, 0.25) is 0 Å². The Morgan fingerprint density at radius 1 is 1.25 bits per heavy atom. The van der Waals surface area contributed by atoms with E-state index in [0.29, 0.717) is 10.8 Å². The van der Waals surface area contributed by atoms with E-state index >= 15 is 0 Å². The number of carbonyl (C=O) groups is 2. The van der Waals surface area contributed by atoms with Gasteiger partial charge in [-0.25, -0.2) is 9.37 Å². The van der Waals surface area contributed by atoms with Crippen LogP contribution in [-0.4, -0.2) is 45.6 Å². The molecule has 0 unspecified atom stereocenters. The van der Waals surface area contributed by atoms with Crippen LogP contribution in [0.25, 0.3) is 10.2 Å². The van der Waals surface area contributed by atoms with E-state index in [9.17, 15) is 18.8 Å². The van der Waals surface area contributed by atoms with Gasteiger partial charge in [0.05, 0.1) is 17.7 Å². The van der Waals surface area contributed by atoms with Gasteiger partial charge in [0.15, 0.2) is 5.16 Å². The predicted molar refractivity (Wildman–Crippen MR) is 125 cm³/mol. The number of benzene rings is 1. The molecule has 0 aliphatic heterocycles. The first-order chi connectivity index (χ1) is 15.3. The molecule has 2 heterocycles. The van der Waals surface area contributed by atoms with Gasteiger partial charge in [-0.2, -0.15) is 0 Å². The maximum atomic E-state index is 13.0. The van der Waals surface area contributed by atoms with Crippen molar-refractivity contribution in [2.45, 2.75) is 30.8 Å². The Morgan fingerprint density at radius 3 is 2.72 bits per heavy atom. The average molecular weight is 475 g/mol. The second-order valence-corrected chi connectivity index (χ2v) is 9.77. The van der Waals surface area contributed by atoms with Crippen LogP contribution in [0.4, 0.5) is 10.1 Å². The summed E-state index contributed by atoms with van der Waals surface area (Å²) in [7, 11) is 3.21. The van der Waals surface area contributed by atoms with E-state index in [-0.39, 0.29) is 29.7 Å².